The minimum Gasteiger partial charge on any atom is -0.484 e. The summed E-state index contributed by atoms with van der Waals surface area (Å²) < 4.78 is 5.35. The summed E-state index contributed by atoms with van der Waals surface area (Å²) >= 11 is 7.46. The lowest BCUT2D eigenvalue weighted by Gasteiger charge is -2.07. The molecule has 23 heavy (non-hydrogen) atoms. The lowest BCUT2D eigenvalue weighted by molar-refractivity contribution is -0.122. The topological polar surface area (TPSA) is 62.1 Å². The number of halogens is 1. The smallest absolute Gasteiger partial charge is 0.257 e. The van der Waals surface area contributed by atoms with Gasteiger partial charge in [-0.25, -0.2) is 0 Å². The molecule has 1 amide bonds. The zero-order valence-electron chi connectivity index (χ0n) is 12.3. The fourth-order valence-corrected chi connectivity index (χ4v) is 2.64. The van der Waals surface area contributed by atoms with E-state index in [1.807, 2.05) is 30.3 Å². The van der Waals surface area contributed by atoms with Gasteiger partial charge in [0.05, 0.1) is 11.6 Å². The lowest BCUT2D eigenvalue weighted by atomic mass is 10.2. The Morgan fingerprint density at radius 1 is 1.26 bits per heavy atom. The minimum absolute atomic E-state index is 0.0690. The average molecular weight is 347 g/mol. The van der Waals surface area contributed by atoms with Crippen LogP contribution in [-0.4, -0.2) is 24.8 Å². The van der Waals surface area contributed by atoms with Gasteiger partial charge in [0.15, 0.2) is 6.61 Å². The molecule has 0 aliphatic carbocycles. The fraction of sp³-hybridized carbons (Fsp3) is 0.176. The van der Waals surface area contributed by atoms with Crippen molar-refractivity contribution in [3.05, 3.63) is 59.1 Å². The van der Waals surface area contributed by atoms with E-state index in [4.69, 9.17) is 21.6 Å². The van der Waals surface area contributed by atoms with Crippen LogP contribution >= 0.6 is 23.4 Å². The summed E-state index contributed by atoms with van der Waals surface area (Å²) in [6.07, 6.45) is 0. The molecule has 0 radical (unpaired) electrons. The second kappa shape index (κ2) is 9.09. The number of carbonyl (C=O) groups excluding carboxylic acids is 1. The minimum atomic E-state index is -0.191. The summed E-state index contributed by atoms with van der Waals surface area (Å²) in [6, 6.07) is 16.3. The zero-order chi connectivity index (χ0) is 16.5. The number of amides is 1. The van der Waals surface area contributed by atoms with Gasteiger partial charge < -0.3 is 10.1 Å². The van der Waals surface area contributed by atoms with Crippen molar-refractivity contribution in [1.29, 1.82) is 5.26 Å². The average Bonchev–Trinajstić information content (AvgIpc) is 2.58. The first-order valence-electron chi connectivity index (χ1n) is 6.95. The number of rotatable bonds is 7. The van der Waals surface area contributed by atoms with Crippen LogP contribution in [0.3, 0.4) is 0 Å². The largest absolute Gasteiger partial charge is 0.484 e. The molecular weight excluding hydrogens is 332 g/mol. The first kappa shape index (κ1) is 17.2. The number of ether oxygens (including phenoxy) is 1. The number of hydrogen-bond donors (Lipinski definition) is 1. The normalized spacial score (nSPS) is 9.91. The highest BCUT2D eigenvalue weighted by atomic mass is 35.5. The Hall–Kier alpha value is -2.16. The summed E-state index contributed by atoms with van der Waals surface area (Å²) in [6.45, 7) is 0.480. The molecule has 0 aliphatic rings. The number of nitriles is 1. The van der Waals surface area contributed by atoms with Gasteiger partial charge in [0.25, 0.3) is 5.91 Å². The Labute approximate surface area is 144 Å². The second-order valence-electron chi connectivity index (χ2n) is 4.58. The van der Waals surface area contributed by atoms with Crippen molar-refractivity contribution in [2.24, 2.45) is 0 Å². The number of thioether (sulfide) groups is 1. The van der Waals surface area contributed by atoms with Crippen LogP contribution in [-0.2, 0) is 4.79 Å². The Morgan fingerprint density at radius 2 is 2.04 bits per heavy atom. The third kappa shape index (κ3) is 6.23. The van der Waals surface area contributed by atoms with Gasteiger partial charge >= 0.3 is 0 Å². The Kier molecular flexibility index (Phi) is 6.79. The van der Waals surface area contributed by atoms with E-state index in [-0.39, 0.29) is 12.5 Å². The molecule has 1 N–H and O–H groups in total. The van der Waals surface area contributed by atoms with Gasteiger partial charge in [0.1, 0.15) is 5.75 Å². The number of nitrogens with zero attached hydrogens (tertiary/aromatic N) is 1. The Balaban J connectivity index is 1.65. The molecule has 4 nitrogen and oxygen atoms in total. The van der Waals surface area contributed by atoms with Crippen molar-refractivity contribution in [3.8, 4) is 11.8 Å². The van der Waals surface area contributed by atoms with Crippen molar-refractivity contribution in [2.45, 2.75) is 4.90 Å². The maximum atomic E-state index is 11.7. The highest BCUT2D eigenvalue weighted by Crippen LogP contribution is 2.19. The van der Waals surface area contributed by atoms with E-state index in [1.54, 1.807) is 36.0 Å². The molecule has 118 valence electrons. The molecule has 2 aromatic rings. The molecule has 0 aromatic heterocycles. The Morgan fingerprint density at radius 3 is 2.78 bits per heavy atom. The first-order chi connectivity index (χ1) is 11.2. The van der Waals surface area contributed by atoms with Crippen molar-refractivity contribution < 1.29 is 9.53 Å². The standard InChI is InChI=1S/C17H15ClN2O2S/c18-14-4-6-16(7-5-14)23-9-8-20-17(21)12-22-15-3-1-2-13(10-15)11-19/h1-7,10H,8-9,12H2,(H,20,21). The number of nitrogens with one attached hydrogen (secondary N) is 1. The van der Waals surface area contributed by atoms with Crippen molar-refractivity contribution in [1.82, 2.24) is 5.32 Å². The fourth-order valence-electron chi connectivity index (χ4n) is 1.75. The summed E-state index contributed by atoms with van der Waals surface area (Å²) in [5.41, 5.74) is 0.502. The molecule has 0 spiro atoms. The predicted octanol–water partition coefficient (Wildman–Crippen LogP) is 3.50. The maximum Gasteiger partial charge on any atom is 0.257 e. The SMILES string of the molecule is N#Cc1cccc(OCC(=O)NCCSc2ccc(Cl)cc2)c1. The number of hydrogen-bond acceptors (Lipinski definition) is 4. The third-order valence-electron chi connectivity index (χ3n) is 2.84. The van der Waals surface area contributed by atoms with Crippen LogP contribution in [0.1, 0.15) is 5.56 Å². The summed E-state index contributed by atoms with van der Waals surface area (Å²) in [5.74, 6) is 1.08. The molecule has 0 saturated carbocycles. The van der Waals surface area contributed by atoms with Crippen molar-refractivity contribution in [2.75, 3.05) is 18.9 Å². The lowest BCUT2D eigenvalue weighted by Crippen LogP contribution is -2.30. The predicted molar refractivity (Wildman–Crippen MR) is 91.8 cm³/mol. The molecule has 0 heterocycles. The maximum absolute atomic E-state index is 11.7. The molecule has 0 atom stereocenters. The molecule has 2 aromatic carbocycles. The van der Waals surface area contributed by atoms with Crippen LogP contribution < -0.4 is 10.1 Å². The van der Waals surface area contributed by atoms with Gasteiger partial charge in [-0.15, -0.1) is 11.8 Å². The highest BCUT2D eigenvalue weighted by molar-refractivity contribution is 7.99. The number of benzene rings is 2. The van der Waals surface area contributed by atoms with Crippen LogP contribution in [0.5, 0.6) is 5.75 Å². The summed E-state index contributed by atoms with van der Waals surface area (Å²) in [5, 5.41) is 12.3. The van der Waals surface area contributed by atoms with Gasteiger partial charge in [-0.3, -0.25) is 4.79 Å². The van der Waals surface area contributed by atoms with Gasteiger partial charge in [0.2, 0.25) is 0 Å². The van der Waals surface area contributed by atoms with E-state index in [2.05, 4.69) is 5.32 Å². The quantitative estimate of drug-likeness (QED) is 0.615. The molecular formula is C17H15ClN2O2S. The Bertz CT molecular complexity index is 698. The summed E-state index contributed by atoms with van der Waals surface area (Å²) in [7, 11) is 0. The molecule has 0 bridgehead atoms. The monoisotopic (exact) mass is 346 g/mol. The van der Waals surface area contributed by atoms with E-state index in [9.17, 15) is 4.79 Å². The molecule has 0 fully saturated rings. The van der Waals surface area contributed by atoms with Crippen LogP contribution in [0.25, 0.3) is 0 Å². The van der Waals surface area contributed by atoms with Crippen LogP contribution in [0.4, 0.5) is 0 Å². The van der Waals surface area contributed by atoms with E-state index in [0.29, 0.717) is 22.9 Å². The van der Waals surface area contributed by atoms with E-state index in [0.717, 1.165) is 10.6 Å². The van der Waals surface area contributed by atoms with Crippen LogP contribution in [0.15, 0.2) is 53.4 Å². The van der Waals surface area contributed by atoms with E-state index >= 15 is 0 Å². The van der Waals surface area contributed by atoms with Crippen molar-refractivity contribution in [3.63, 3.8) is 0 Å². The van der Waals surface area contributed by atoms with Gasteiger partial charge in [-0.05, 0) is 42.5 Å². The molecule has 6 heteroatoms. The third-order valence-corrected chi connectivity index (χ3v) is 4.11. The van der Waals surface area contributed by atoms with Gasteiger partial charge in [-0.2, -0.15) is 5.26 Å². The zero-order valence-corrected chi connectivity index (χ0v) is 13.9. The second-order valence-corrected chi connectivity index (χ2v) is 6.19. The highest BCUT2D eigenvalue weighted by Gasteiger charge is 2.03. The molecule has 0 saturated heterocycles. The first-order valence-corrected chi connectivity index (χ1v) is 8.32. The van der Waals surface area contributed by atoms with E-state index < -0.39 is 0 Å². The molecule has 0 unspecified atom stereocenters. The van der Waals surface area contributed by atoms with Crippen molar-refractivity contribution >= 4 is 29.3 Å². The molecule has 2 rings (SSSR count). The summed E-state index contributed by atoms with van der Waals surface area (Å²) in [4.78, 5) is 12.8. The van der Waals surface area contributed by atoms with Gasteiger partial charge in [-0.1, -0.05) is 17.7 Å². The van der Waals surface area contributed by atoms with Crippen LogP contribution in [0.2, 0.25) is 5.02 Å². The van der Waals surface area contributed by atoms with Gasteiger partial charge in [0, 0.05) is 22.2 Å². The van der Waals surface area contributed by atoms with Crippen LogP contribution in [0, 0.1) is 11.3 Å². The number of carbonyl (C=O) groups is 1. The van der Waals surface area contributed by atoms with E-state index in [1.165, 1.54) is 0 Å². The molecule has 0 aliphatic heterocycles.